The van der Waals surface area contributed by atoms with E-state index in [1.165, 1.54) is 37.9 Å². The Balaban J connectivity index is 2.02. The summed E-state index contributed by atoms with van der Waals surface area (Å²) in [7, 11) is 0. The Kier molecular flexibility index (Phi) is 3.96. The van der Waals surface area contributed by atoms with Gasteiger partial charge in [-0.25, -0.2) is 0 Å². The first kappa shape index (κ1) is 11.6. The van der Waals surface area contributed by atoms with Gasteiger partial charge in [-0.05, 0) is 45.8 Å². The molecule has 4 nitrogen and oxygen atoms in total. The zero-order valence-electron chi connectivity index (χ0n) is 10.0. The molecule has 1 aromatic heterocycles. The van der Waals surface area contributed by atoms with Gasteiger partial charge in [-0.1, -0.05) is 11.6 Å². The van der Waals surface area contributed by atoms with Gasteiger partial charge in [-0.3, -0.25) is 4.90 Å². The Hall–Kier alpha value is -0.870. The number of piperidine rings is 1. The second kappa shape index (κ2) is 5.46. The predicted molar refractivity (Wildman–Crippen MR) is 63.1 cm³/mol. The molecule has 0 spiro atoms. The van der Waals surface area contributed by atoms with Gasteiger partial charge in [0.15, 0.2) is 0 Å². The molecule has 1 aliphatic heterocycles. The van der Waals surface area contributed by atoms with Crippen LogP contribution in [0.4, 0.5) is 0 Å². The lowest BCUT2D eigenvalue weighted by atomic mass is 10.1. The van der Waals surface area contributed by atoms with Crippen molar-refractivity contribution >= 4 is 0 Å². The summed E-state index contributed by atoms with van der Waals surface area (Å²) in [5, 5.41) is 4.16. The topological polar surface area (TPSA) is 55.3 Å². The molecule has 0 radical (unpaired) electrons. The van der Waals surface area contributed by atoms with Gasteiger partial charge in [0.05, 0.1) is 0 Å². The first-order valence-electron chi connectivity index (χ1n) is 6.17. The fourth-order valence-corrected chi connectivity index (χ4v) is 2.36. The average Bonchev–Trinajstić information content (AvgIpc) is 2.64. The summed E-state index contributed by atoms with van der Waals surface area (Å²) < 4.78 is 5.26. The number of nitrogens with two attached hydrogens (primary N) is 1. The Morgan fingerprint density at radius 2 is 2.06 bits per heavy atom. The van der Waals surface area contributed by atoms with Gasteiger partial charge < -0.3 is 10.3 Å². The highest BCUT2D eigenvalue weighted by molar-refractivity contribution is 5.22. The van der Waals surface area contributed by atoms with E-state index in [4.69, 9.17) is 10.3 Å². The molecule has 0 unspecified atom stereocenters. The Bertz CT molecular complexity index is 329. The van der Waals surface area contributed by atoms with Gasteiger partial charge in [-0.2, -0.15) is 0 Å². The lowest BCUT2D eigenvalue weighted by Crippen LogP contribution is -2.29. The van der Waals surface area contributed by atoms with Crippen LogP contribution in [0, 0.1) is 6.92 Å². The molecular weight excluding hydrogens is 202 g/mol. The lowest BCUT2D eigenvalue weighted by Gasteiger charge is -2.25. The van der Waals surface area contributed by atoms with Crippen LogP contribution in [0.2, 0.25) is 0 Å². The fourth-order valence-electron chi connectivity index (χ4n) is 2.36. The van der Waals surface area contributed by atoms with Gasteiger partial charge in [0, 0.05) is 12.1 Å². The molecule has 90 valence electrons. The van der Waals surface area contributed by atoms with Crippen LogP contribution >= 0.6 is 0 Å². The molecule has 2 N–H and O–H groups in total. The maximum atomic E-state index is 5.61. The van der Waals surface area contributed by atoms with Gasteiger partial charge in [0.2, 0.25) is 0 Å². The maximum Gasteiger partial charge on any atom is 0.137 e. The number of hydrogen-bond donors (Lipinski definition) is 1. The Morgan fingerprint density at radius 1 is 1.31 bits per heavy atom. The van der Waals surface area contributed by atoms with Crippen molar-refractivity contribution in [2.45, 2.75) is 39.2 Å². The van der Waals surface area contributed by atoms with Gasteiger partial charge in [-0.15, -0.1) is 0 Å². The average molecular weight is 223 g/mol. The number of rotatable bonds is 4. The van der Waals surface area contributed by atoms with E-state index in [1.54, 1.807) is 0 Å². The quantitative estimate of drug-likeness (QED) is 0.840. The molecule has 2 heterocycles. The molecule has 1 saturated heterocycles. The summed E-state index contributed by atoms with van der Waals surface area (Å²) in [6.45, 7) is 5.93. The number of nitrogens with zero attached hydrogens (tertiary/aromatic N) is 2. The van der Waals surface area contributed by atoms with E-state index in [2.05, 4.69) is 10.1 Å². The molecule has 1 aliphatic rings. The highest BCUT2D eigenvalue weighted by Crippen LogP contribution is 2.18. The molecule has 2 rings (SSSR count). The molecule has 0 aliphatic carbocycles. The monoisotopic (exact) mass is 223 g/mol. The summed E-state index contributed by atoms with van der Waals surface area (Å²) in [6.07, 6.45) is 4.86. The molecule has 0 bridgehead atoms. The Morgan fingerprint density at radius 3 is 2.75 bits per heavy atom. The molecule has 4 heteroatoms. The summed E-state index contributed by atoms with van der Waals surface area (Å²) >= 11 is 0. The van der Waals surface area contributed by atoms with Crippen LogP contribution in [-0.4, -0.2) is 29.7 Å². The molecule has 0 aromatic carbocycles. The summed E-state index contributed by atoms with van der Waals surface area (Å²) in [5.41, 5.74) is 7.91. The van der Waals surface area contributed by atoms with Crippen LogP contribution in [0.5, 0.6) is 0 Å². The SMILES string of the molecule is Cc1onc(CN2CCCCC2)c1CCN. The van der Waals surface area contributed by atoms with Crippen molar-refractivity contribution in [2.75, 3.05) is 19.6 Å². The normalized spacial score (nSPS) is 17.9. The van der Waals surface area contributed by atoms with Gasteiger partial charge >= 0.3 is 0 Å². The minimum absolute atomic E-state index is 0.662. The maximum absolute atomic E-state index is 5.61. The highest BCUT2D eigenvalue weighted by Gasteiger charge is 2.17. The molecule has 0 saturated carbocycles. The molecule has 0 amide bonds. The van der Waals surface area contributed by atoms with E-state index in [0.29, 0.717) is 6.54 Å². The highest BCUT2D eigenvalue weighted by atomic mass is 16.5. The van der Waals surface area contributed by atoms with Crippen molar-refractivity contribution < 1.29 is 4.52 Å². The minimum atomic E-state index is 0.662. The van der Waals surface area contributed by atoms with Crippen LogP contribution in [0.3, 0.4) is 0 Å². The Labute approximate surface area is 96.8 Å². The van der Waals surface area contributed by atoms with Gasteiger partial charge in [0.1, 0.15) is 11.5 Å². The predicted octanol–water partition coefficient (Wildman–Crippen LogP) is 1.47. The molecule has 16 heavy (non-hydrogen) atoms. The molecule has 1 fully saturated rings. The van der Waals surface area contributed by atoms with Crippen molar-refractivity contribution in [1.82, 2.24) is 10.1 Å². The van der Waals surface area contributed by atoms with Crippen molar-refractivity contribution in [3.8, 4) is 0 Å². The van der Waals surface area contributed by atoms with E-state index < -0.39 is 0 Å². The largest absolute Gasteiger partial charge is 0.361 e. The molecular formula is C12H21N3O. The second-order valence-corrected chi connectivity index (χ2v) is 4.54. The second-order valence-electron chi connectivity index (χ2n) is 4.54. The number of aryl methyl sites for hydroxylation is 1. The van der Waals surface area contributed by atoms with Crippen LogP contribution in [0.15, 0.2) is 4.52 Å². The summed E-state index contributed by atoms with van der Waals surface area (Å²) in [5.74, 6) is 0.928. The van der Waals surface area contributed by atoms with E-state index in [0.717, 1.165) is 24.4 Å². The van der Waals surface area contributed by atoms with E-state index in [1.807, 2.05) is 6.92 Å². The third kappa shape index (κ3) is 2.62. The minimum Gasteiger partial charge on any atom is -0.361 e. The first-order chi connectivity index (χ1) is 7.81. The van der Waals surface area contributed by atoms with E-state index >= 15 is 0 Å². The number of likely N-dealkylation sites (tertiary alicyclic amines) is 1. The lowest BCUT2D eigenvalue weighted by molar-refractivity contribution is 0.214. The van der Waals surface area contributed by atoms with Crippen molar-refractivity contribution in [3.63, 3.8) is 0 Å². The zero-order valence-corrected chi connectivity index (χ0v) is 10.0. The number of aromatic nitrogens is 1. The van der Waals surface area contributed by atoms with Crippen LogP contribution in [-0.2, 0) is 13.0 Å². The summed E-state index contributed by atoms with van der Waals surface area (Å²) in [6, 6.07) is 0. The zero-order chi connectivity index (χ0) is 11.4. The van der Waals surface area contributed by atoms with Crippen LogP contribution < -0.4 is 5.73 Å². The fraction of sp³-hybridized carbons (Fsp3) is 0.750. The molecule has 1 aromatic rings. The van der Waals surface area contributed by atoms with E-state index in [-0.39, 0.29) is 0 Å². The van der Waals surface area contributed by atoms with Crippen LogP contribution in [0.1, 0.15) is 36.3 Å². The van der Waals surface area contributed by atoms with Crippen molar-refractivity contribution in [1.29, 1.82) is 0 Å². The molecule has 0 atom stereocenters. The van der Waals surface area contributed by atoms with Crippen molar-refractivity contribution in [2.24, 2.45) is 5.73 Å². The van der Waals surface area contributed by atoms with E-state index in [9.17, 15) is 0 Å². The van der Waals surface area contributed by atoms with Gasteiger partial charge in [0.25, 0.3) is 0 Å². The third-order valence-electron chi connectivity index (χ3n) is 3.28. The standard InChI is InChI=1S/C12H21N3O/c1-10-11(5-6-13)12(14-16-10)9-15-7-3-2-4-8-15/h2-9,13H2,1H3. The summed E-state index contributed by atoms with van der Waals surface area (Å²) in [4.78, 5) is 2.46. The third-order valence-corrected chi connectivity index (χ3v) is 3.28. The number of hydrogen-bond acceptors (Lipinski definition) is 4. The smallest absolute Gasteiger partial charge is 0.137 e. The van der Waals surface area contributed by atoms with Crippen molar-refractivity contribution in [3.05, 3.63) is 17.0 Å². The first-order valence-corrected chi connectivity index (χ1v) is 6.17. The van der Waals surface area contributed by atoms with Crippen LogP contribution in [0.25, 0.3) is 0 Å².